The van der Waals surface area contributed by atoms with Crippen LogP contribution in [0.4, 0.5) is 43.9 Å². The molecule has 4 heterocycles. The van der Waals surface area contributed by atoms with Gasteiger partial charge in [-0.05, 0) is 48.6 Å². The molecule has 0 saturated carbocycles. The normalized spacial score (nSPS) is 12.4. The summed E-state index contributed by atoms with van der Waals surface area (Å²) < 4.78 is 144. The number of halogens is 10. The average molecular weight is 594 g/mol. The Kier molecular flexibility index (Phi) is 6.21. The molecule has 2 aromatic carbocycles. The van der Waals surface area contributed by atoms with Gasteiger partial charge in [0.25, 0.3) is 0 Å². The molecule has 0 amide bonds. The highest BCUT2D eigenvalue weighted by Gasteiger charge is 2.31. The maximum absolute atomic E-state index is 15.0. The maximum atomic E-state index is 15.0. The molecule has 0 fully saturated rings. The van der Waals surface area contributed by atoms with E-state index in [9.17, 15) is 26.3 Å². The molecular weight excluding hydrogens is 586 g/mol. The molecule has 0 saturated heterocycles. The fourth-order valence-electron chi connectivity index (χ4n) is 4.40. The smallest absolute Gasteiger partial charge is 0.200 e. The number of thiophene rings is 1. The highest BCUT2D eigenvalue weighted by atomic mass is 32.1. The van der Waals surface area contributed by atoms with E-state index < -0.39 is 80.4 Å². The van der Waals surface area contributed by atoms with Gasteiger partial charge in [-0.2, -0.15) is 0 Å². The van der Waals surface area contributed by atoms with Gasteiger partial charge in [0.1, 0.15) is 0 Å². The monoisotopic (exact) mass is 594 g/mol. The first-order valence-electron chi connectivity index (χ1n) is 11.3. The van der Waals surface area contributed by atoms with Gasteiger partial charge in [0.05, 0.1) is 33.9 Å². The molecule has 41 heavy (non-hydrogen) atoms. The third-order valence-electron chi connectivity index (χ3n) is 6.28. The van der Waals surface area contributed by atoms with Crippen LogP contribution < -0.4 is 0 Å². The van der Waals surface area contributed by atoms with Crippen LogP contribution in [0.3, 0.4) is 0 Å². The summed E-state index contributed by atoms with van der Waals surface area (Å²) in [7, 11) is 0. The summed E-state index contributed by atoms with van der Waals surface area (Å²) in [5, 5.41) is 0. The fourth-order valence-corrected chi connectivity index (χ4v) is 5.53. The number of hydrogen-bond acceptors (Lipinski definition) is 3. The molecule has 0 spiro atoms. The Morgan fingerprint density at radius 3 is 1.02 bits per heavy atom. The summed E-state index contributed by atoms with van der Waals surface area (Å²) in [6, 6.07) is 5.00. The van der Waals surface area contributed by atoms with Gasteiger partial charge in [0.2, 0.25) is 11.6 Å². The highest BCUT2D eigenvalue weighted by molar-refractivity contribution is 7.24. The molecule has 6 bridgehead atoms. The van der Waals surface area contributed by atoms with Crippen molar-refractivity contribution in [3.8, 4) is 22.3 Å². The third kappa shape index (κ3) is 4.02. The van der Waals surface area contributed by atoms with E-state index in [1.54, 1.807) is 0 Å². The quantitative estimate of drug-likeness (QED) is 0.114. The number of rotatable bonds is 2. The molecular formula is C28H8F10N2S. The number of benzene rings is 2. The topological polar surface area (TPSA) is 25.8 Å². The summed E-state index contributed by atoms with van der Waals surface area (Å²) in [5.74, 6) is -22.3. The van der Waals surface area contributed by atoms with E-state index in [2.05, 4.69) is 9.97 Å². The first kappa shape index (κ1) is 26.7. The van der Waals surface area contributed by atoms with Gasteiger partial charge in [-0.1, -0.05) is 0 Å². The highest BCUT2D eigenvalue weighted by Crippen LogP contribution is 2.43. The van der Waals surface area contributed by atoms with Crippen molar-refractivity contribution in [3.05, 3.63) is 105 Å². The van der Waals surface area contributed by atoms with Gasteiger partial charge in [-0.25, -0.2) is 53.9 Å². The van der Waals surface area contributed by atoms with Gasteiger partial charge in [-0.3, -0.25) is 0 Å². The van der Waals surface area contributed by atoms with E-state index in [0.29, 0.717) is 11.3 Å². The predicted molar refractivity (Wildman–Crippen MR) is 132 cm³/mol. The van der Waals surface area contributed by atoms with Crippen LogP contribution in [0.25, 0.3) is 56.0 Å². The van der Waals surface area contributed by atoms with Crippen LogP contribution in [0.2, 0.25) is 0 Å². The van der Waals surface area contributed by atoms with Gasteiger partial charge in [-0.15, -0.1) is 11.3 Å². The standard InChI is InChI=1S/C28H8F10N2S/c29-19-17(20(30)24(34)27(37)23(19)33)15-11-5-3-9(39-11)1-2-10-4-6-12(40-10)16(14-8-7-13(15)41-14)18-21(31)25(35)28(38)26(36)22(18)32/h1-8H. The zero-order valence-electron chi connectivity index (χ0n) is 19.7. The minimum atomic E-state index is -2.39. The number of nitrogens with zero attached hydrogens (tertiary/aromatic N) is 2. The van der Waals surface area contributed by atoms with Crippen molar-refractivity contribution in [2.75, 3.05) is 0 Å². The van der Waals surface area contributed by atoms with E-state index in [-0.39, 0.29) is 32.2 Å². The van der Waals surface area contributed by atoms with Gasteiger partial charge in [0, 0.05) is 20.5 Å². The van der Waals surface area contributed by atoms with E-state index >= 15 is 17.6 Å². The van der Waals surface area contributed by atoms with Crippen molar-refractivity contribution in [1.29, 1.82) is 0 Å². The molecule has 0 aliphatic carbocycles. The Morgan fingerprint density at radius 1 is 0.366 bits per heavy atom. The molecule has 0 radical (unpaired) electrons. The van der Waals surface area contributed by atoms with Crippen LogP contribution in [0.1, 0.15) is 22.8 Å². The molecule has 2 aliphatic heterocycles. The molecule has 2 aliphatic rings. The third-order valence-corrected chi connectivity index (χ3v) is 7.40. The van der Waals surface area contributed by atoms with Crippen molar-refractivity contribution >= 4 is 45.0 Å². The molecule has 2 aromatic heterocycles. The molecule has 13 heteroatoms. The first-order chi connectivity index (χ1) is 19.5. The molecule has 4 aromatic rings. The van der Waals surface area contributed by atoms with Crippen molar-refractivity contribution in [2.45, 2.75) is 0 Å². The van der Waals surface area contributed by atoms with E-state index in [1.165, 1.54) is 36.4 Å². The molecule has 0 atom stereocenters. The molecule has 0 unspecified atom stereocenters. The van der Waals surface area contributed by atoms with E-state index in [1.807, 2.05) is 0 Å². The van der Waals surface area contributed by atoms with Gasteiger partial charge in [0.15, 0.2) is 46.5 Å². The van der Waals surface area contributed by atoms with Crippen LogP contribution >= 0.6 is 11.3 Å². The number of fused-ring (bicyclic) bond motifs is 6. The summed E-state index contributed by atoms with van der Waals surface area (Å²) >= 11 is 0.516. The minimum absolute atomic E-state index is 0.186. The Balaban J connectivity index is 1.83. The van der Waals surface area contributed by atoms with Crippen molar-refractivity contribution in [3.63, 3.8) is 0 Å². The summed E-state index contributed by atoms with van der Waals surface area (Å²) in [6.07, 6.45) is 5.29. The Bertz CT molecular complexity index is 1810. The summed E-state index contributed by atoms with van der Waals surface area (Å²) in [5.41, 5.74) is -3.88. The van der Waals surface area contributed by atoms with Crippen molar-refractivity contribution < 1.29 is 43.9 Å². The SMILES string of the molecule is Fc1c(F)c(F)c(-c2c3nc(ccc4nc(c(-c5c(F)c(F)c(F)c(F)c5F)c5ccc2s5)C=C4)C=C3)c(F)c1F. The first-order valence-corrected chi connectivity index (χ1v) is 12.2. The van der Waals surface area contributed by atoms with Crippen molar-refractivity contribution in [2.24, 2.45) is 0 Å². The average Bonchev–Trinajstić information content (AvgIpc) is 3.73. The Morgan fingerprint density at radius 2 is 0.683 bits per heavy atom. The van der Waals surface area contributed by atoms with E-state index in [4.69, 9.17) is 0 Å². The Hall–Kier alpha value is -4.52. The van der Waals surface area contributed by atoms with Crippen LogP contribution in [-0.4, -0.2) is 9.97 Å². The second-order valence-electron chi connectivity index (χ2n) is 8.65. The zero-order valence-corrected chi connectivity index (χ0v) is 20.5. The second kappa shape index (κ2) is 9.54. The molecule has 0 N–H and O–H groups in total. The predicted octanol–water partition coefficient (Wildman–Crippen LogP) is 9.07. The zero-order chi connectivity index (χ0) is 29.3. The second-order valence-corrected chi connectivity index (χ2v) is 9.73. The summed E-state index contributed by atoms with van der Waals surface area (Å²) in [4.78, 5) is 8.41. The molecule has 2 nitrogen and oxygen atoms in total. The molecule has 206 valence electrons. The lowest BCUT2D eigenvalue weighted by atomic mass is 10.0. The molecule has 6 rings (SSSR count). The van der Waals surface area contributed by atoms with Gasteiger partial charge < -0.3 is 0 Å². The van der Waals surface area contributed by atoms with Crippen LogP contribution in [0.15, 0.2) is 24.3 Å². The van der Waals surface area contributed by atoms with E-state index in [0.717, 1.165) is 12.1 Å². The van der Waals surface area contributed by atoms with Crippen LogP contribution in [0, 0.1) is 58.2 Å². The lowest BCUT2D eigenvalue weighted by Gasteiger charge is -2.10. The minimum Gasteiger partial charge on any atom is -0.248 e. The number of aromatic nitrogens is 2. The lowest BCUT2D eigenvalue weighted by molar-refractivity contribution is 0.381. The van der Waals surface area contributed by atoms with Crippen LogP contribution in [-0.2, 0) is 0 Å². The van der Waals surface area contributed by atoms with Crippen LogP contribution in [0.5, 0.6) is 0 Å². The largest absolute Gasteiger partial charge is 0.248 e. The van der Waals surface area contributed by atoms with Gasteiger partial charge >= 0.3 is 0 Å². The Labute approximate surface area is 226 Å². The summed E-state index contributed by atoms with van der Waals surface area (Å²) in [6.45, 7) is 0. The lowest BCUT2D eigenvalue weighted by Crippen LogP contribution is -2.05. The fraction of sp³-hybridized carbons (Fsp3) is 0. The maximum Gasteiger partial charge on any atom is 0.200 e. The van der Waals surface area contributed by atoms with Crippen molar-refractivity contribution in [1.82, 2.24) is 9.97 Å². The number of hydrogen-bond donors (Lipinski definition) is 0.